The van der Waals surface area contributed by atoms with Gasteiger partial charge in [0, 0.05) is 23.4 Å². The second-order valence-corrected chi connectivity index (χ2v) is 6.22. The van der Waals surface area contributed by atoms with E-state index >= 15 is 0 Å². The zero-order valence-corrected chi connectivity index (χ0v) is 14.8. The first-order chi connectivity index (χ1) is 11.5. The number of rotatable bonds is 3. The van der Waals surface area contributed by atoms with E-state index in [9.17, 15) is 9.59 Å². The highest BCUT2D eigenvalue weighted by Gasteiger charge is 2.16. The number of para-hydroxylation sites is 1. The van der Waals surface area contributed by atoms with Crippen LogP contribution in [0.5, 0.6) is 5.75 Å². The molecule has 0 saturated heterocycles. The van der Waals surface area contributed by atoms with Gasteiger partial charge in [0.05, 0.1) is 18.0 Å². The van der Waals surface area contributed by atoms with E-state index in [4.69, 9.17) is 4.74 Å². The highest BCUT2D eigenvalue weighted by atomic mass is 79.9. The summed E-state index contributed by atoms with van der Waals surface area (Å²) in [5, 5.41) is 3.19. The number of fused-ring (bicyclic) bond motifs is 1. The lowest BCUT2D eigenvalue weighted by molar-refractivity contribution is 0.102. The molecule has 1 heterocycles. The molecule has 0 radical (unpaired) electrons. The molecule has 1 aromatic heterocycles. The van der Waals surface area contributed by atoms with Crippen molar-refractivity contribution in [3.05, 3.63) is 68.9 Å². The van der Waals surface area contributed by atoms with E-state index in [1.165, 1.54) is 6.20 Å². The SMILES string of the molecule is COc1cccc2c(=O)c(C(=O)Nc3cccc(Br)c3)cn(C)c12. The molecule has 3 rings (SSSR count). The van der Waals surface area contributed by atoms with Gasteiger partial charge in [-0.15, -0.1) is 0 Å². The van der Waals surface area contributed by atoms with Crippen LogP contribution in [0.15, 0.2) is 57.9 Å². The largest absolute Gasteiger partial charge is 0.495 e. The van der Waals surface area contributed by atoms with Crippen molar-refractivity contribution in [3.8, 4) is 5.75 Å². The van der Waals surface area contributed by atoms with Crippen LogP contribution in [0, 0.1) is 0 Å². The minimum Gasteiger partial charge on any atom is -0.495 e. The molecule has 0 aliphatic heterocycles. The summed E-state index contributed by atoms with van der Waals surface area (Å²) in [5.41, 5.74) is 1.03. The van der Waals surface area contributed by atoms with Crippen LogP contribution in [0.2, 0.25) is 0 Å². The van der Waals surface area contributed by atoms with E-state index < -0.39 is 5.91 Å². The fourth-order valence-corrected chi connectivity index (χ4v) is 3.02. The molecule has 24 heavy (non-hydrogen) atoms. The van der Waals surface area contributed by atoms with Gasteiger partial charge in [-0.1, -0.05) is 28.1 Å². The van der Waals surface area contributed by atoms with Crippen molar-refractivity contribution in [3.63, 3.8) is 0 Å². The summed E-state index contributed by atoms with van der Waals surface area (Å²) < 4.78 is 7.88. The highest BCUT2D eigenvalue weighted by molar-refractivity contribution is 9.10. The smallest absolute Gasteiger partial charge is 0.261 e. The maximum atomic E-state index is 12.7. The number of benzene rings is 2. The lowest BCUT2D eigenvalue weighted by Crippen LogP contribution is -2.23. The van der Waals surface area contributed by atoms with Crippen molar-refractivity contribution in [2.24, 2.45) is 7.05 Å². The maximum Gasteiger partial charge on any atom is 0.261 e. The van der Waals surface area contributed by atoms with E-state index in [1.54, 1.807) is 49.1 Å². The number of halogens is 1. The number of hydrogen-bond donors (Lipinski definition) is 1. The Morgan fingerprint density at radius 2 is 1.96 bits per heavy atom. The number of aryl methyl sites for hydroxylation is 1. The van der Waals surface area contributed by atoms with Gasteiger partial charge in [0.2, 0.25) is 5.43 Å². The quantitative estimate of drug-likeness (QED) is 0.748. The number of carbonyl (C=O) groups is 1. The summed E-state index contributed by atoms with van der Waals surface area (Å²) in [4.78, 5) is 25.2. The van der Waals surface area contributed by atoms with E-state index in [0.29, 0.717) is 22.3 Å². The Morgan fingerprint density at radius 3 is 2.67 bits per heavy atom. The third kappa shape index (κ3) is 2.92. The Hall–Kier alpha value is -2.60. The lowest BCUT2D eigenvalue weighted by Gasteiger charge is -2.12. The van der Waals surface area contributed by atoms with Crippen LogP contribution in [-0.2, 0) is 7.05 Å². The molecule has 0 atom stereocenters. The zero-order valence-electron chi connectivity index (χ0n) is 13.2. The van der Waals surface area contributed by atoms with Crippen LogP contribution in [0.1, 0.15) is 10.4 Å². The summed E-state index contributed by atoms with van der Waals surface area (Å²) in [5.74, 6) is 0.143. The van der Waals surface area contributed by atoms with E-state index in [1.807, 2.05) is 12.1 Å². The van der Waals surface area contributed by atoms with E-state index in [-0.39, 0.29) is 11.0 Å². The van der Waals surface area contributed by atoms with Crippen molar-refractivity contribution in [2.75, 3.05) is 12.4 Å². The Bertz CT molecular complexity index is 995. The number of amides is 1. The molecule has 122 valence electrons. The minimum atomic E-state index is -0.446. The number of methoxy groups -OCH3 is 1. The van der Waals surface area contributed by atoms with Crippen molar-refractivity contribution in [1.82, 2.24) is 4.57 Å². The lowest BCUT2D eigenvalue weighted by atomic mass is 10.1. The molecule has 5 nitrogen and oxygen atoms in total. The molecule has 1 amide bonds. The normalized spacial score (nSPS) is 10.6. The maximum absolute atomic E-state index is 12.7. The Kier molecular flexibility index (Phi) is 4.40. The molecule has 3 aromatic rings. The summed E-state index contributed by atoms with van der Waals surface area (Å²) >= 11 is 3.35. The molecule has 0 fully saturated rings. The molecule has 0 aliphatic rings. The molecule has 0 spiro atoms. The average Bonchev–Trinajstić information content (AvgIpc) is 2.57. The summed E-state index contributed by atoms with van der Waals surface area (Å²) in [6.45, 7) is 0. The van der Waals surface area contributed by atoms with Crippen molar-refractivity contribution < 1.29 is 9.53 Å². The molecule has 6 heteroatoms. The van der Waals surface area contributed by atoms with Gasteiger partial charge in [-0.05, 0) is 30.3 Å². The van der Waals surface area contributed by atoms with Crippen molar-refractivity contribution >= 4 is 38.4 Å². The second kappa shape index (κ2) is 6.49. The van der Waals surface area contributed by atoms with Gasteiger partial charge in [-0.25, -0.2) is 0 Å². The molecule has 0 saturated carbocycles. The first-order valence-corrected chi connectivity index (χ1v) is 8.04. The van der Waals surface area contributed by atoms with Gasteiger partial charge >= 0.3 is 0 Å². The van der Waals surface area contributed by atoms with Crippen LogP contribution >= 0.6 is 15.9 Å². The van der Waals surface area contributed by atoms with Gasteiger partial charge in [0.1, 0.15) is 11.3 Å². The predicted octanol–water partition coefficient (Wildman–Crippen LogP) is 3.56. The molecular weight excluding hydrogens is 372 g/mol. The number of pyridine rings is 1. The van der Waals surface area contributed by atoms with Gasteiger partial charge in [-0.2, -0.15) is 0 Å². The molecule has 0 bridgehead atoms. The first-order valence-electron chi connectivity index (χ1n) is 7.24. The van der Waals surface area contributed by atoms with Crippen LogP contribution in [-0.4, -0.2) is 17.6 Å². The first kappa shape index (κ1) is 16.3. The van der Waals surface area contributed by atoms with Gasteiger partial charge in [0.15, 0.2) is 0 Å². The zero-order chi connectivity index (χ0) is 17.3. The van der Waals surface area contributed by atoms with E-state index in [0.717, 1.165) is 4.47 Å². The summed E-state index contributed by atoms with van der Waals surface area (Å²) in [7, 11) is 3.33. The van der Waals surface area contributed by atoms with Gasteiger partial charge in [0.25, 0.3) is 5.91 Å². The average molecular weight is 387 g/mol. The summed E-state index contributed by atoms with van der Waals surface area (Å²) in [6, 6.07) is 12.4. The highest BCUT2D eigenvalue weighted by Crippen LogP contribution is 2.23. The predicted molar refractivity (Wildman–Crippen MR) is 97.8 cm³/mol. The third-order valence-corrected chi connectivity index (χ3v) is 4.20. The third-order valence-electron chi connectivity index (χ3n) is 3.71. The number of ether oxygens (including phenoxy) is 1. The molecule has 2 aromatic carbocycles. The van der Waals surface area contributed by atoms with Crippen LogP contribution in [0.25, 0.3) is 10.9 Å². The topological polar surface area (TPSA) is 60.3 Å². The standard InChI is InChI=1S/C18H15BrN2O3/c1-21-10-14(18(23)20-12-6-3-5-11(19)9-12)17(22)13-7-4-8-15(24-2)16(13)21/h3-10H,1-2H3,(H,20,23). The fourth-order valence-electron chi connectivity index (χ4n) is 2.62. The Labute approximate surface area is 147 Å². The molecular formula is C18H15BrN2O3. The van der Waals surface area contributed by atoms with Gasteiger partial charge in [-0.3, -0.25) is 9.59 Å². The van der Waals surface area contributed by atoms with Crippen LogP contribution in [0.3, 0.4) is 0 Å². The number of nitrogens with zero attached hydrogens (tertiary/aromatic N) is 1. The number of aromatic nitrogens is 1. The van der Waals surface area contributed by atoms with Crippen LogP contribution in [0.4, 0.5) is 5.69 Å². The Balaban J connectivity index is 2.09. The number of carbonyl (C=O) groups excluding carboxylic acids is 1. The summed E-state index contributed by atoms with van der Waals surface area (Å²) in [6.07, 6.45) is 1.53. The number of hydrogen-bond acceptors (Lipinski definition) is 3. The molecule has 1 N–H and O–H groups in total. The molecule has 0 aliphatic carbocycles. The minimum absolute atomic E-state index is 0.0817. The monoisotopic (exact) mass is 386 g/mol. The number of anilines is 1. The van der Waals surface area contributed by atoms with Crippen molar-refractivity contribution in [1.29, 1.82) is 0 Å². The fraction of sp³-hybridized carbons (Fsp3) is 0.111. The molecule has 0 unspecified atom stereocenters. The van der Waals surface area contributed by atoms with E-state index in [2.05, 4.69) is 21.2 Å². The number of nitrogens with one attached hydrogen (secondary N) is 1. The second-order valence-electron chi connectivity index (χ2n) is 5.30. The van der Waals surface area contributed by atoms with Crippen LogP contribution < -0.4 is 15.5 Å². The Morgan fingerprint density at radius 1 is 1.21 bits per heavy atom. The van der Waals surface area contributed by atoms with Crippen molar-refractivity contribution in [2.45, 2.75) is 0 Å². The van der Waals surface area contributed by atoms with Gasteiger partial charge < -0.3 is 14.6 Å².